The van der Waals surface area contributed by atoms with E-state index in [1.165, 1.54) is 36.4 Å². The van der Waals surface area contributed by atoms with Gasteiger partial charge < -0.3 is 10.1 Å². The first-order valence-electron chi connectivity index (χ1n) is 8.19. The third-order valence-electron chi connectivity index (χ3n) is 3.53. The van der Waals surface area contributed by atoms with Crippen LogP contribution in [0, 0.1) is 10.1 Å². The molecule has 0 bridgehead atoms. The average Bonchev–Trinajstić information content (AvgIpc) is 2.59. The molecular formula is C18H20N2O6S. The van der Waals surface area contributed by atoms with Crippen molar-refractivity contribution in [2.75, 3.05) is 18.2 Å². The van der Waals surface area contributed by atoms with Gasteiger partial charge >= 0.3 is 0 Å². The van der Waals surface area contributed by atoms with Crippen molar-refractivity contribution in [3.8, 4) is 5.75 Å². The summed E-state index contributed by atoms with van der Waals surface area (Å²) in [5.41, 5.74) is 0.588. The van der Waals surface area contributed by atoms with Crippen molar-refractivity contribution in [3.05, 3.63) is 63.7 Å². The minimum Gasteiger partial charge on any atom is -0.493 e. The van der Waals surface area contributed by atoms with Crippen LogP contribution in [0.5, 0.6) is 5.75 Å². The van der Waals surface area contributed by atoms with Crippen molar-refractivity contribution in [3.63, 3.8) is 0 Å². The van der Waals surface area contributed by atoms with Crippen LogP contribution in [-0.2, 0) is 15.6 Å². The Morgan fingerprint density at radius 1 is 1.19 bits per heavy atom. The average molecular weight is 392 g/mol. The zero-order valence-electron chi connectivity index (χ0n) is 15.0. The van der Waals surface area contributed by atoms with Gasteiger partial charge in [0.25, 0.3) is 11.6 Å². The molecule has 2 aromatic carbocycles. The van der Waals surface area contributed by atoms with Gasteiger partial charge in [0.1, 0.15) is 11.4 Å². The molecule has 27 heavy (non-hydrogen) atoms. The van der Waals surface area contributed by atoms with Crippen molar-refractivity contribution < 1.29 is 22.9 Å². The van der Waals surface area contributed by atoms with Crippen molar-refractivity contribution in [2.24, 2.45) is 0 Å². The summed E-state index contributed by atoms with van der Waals surface area (Å²) in [4.78, 5) is 23.1. The Labute approximate surface area is 157 Å². The van der Waals surface area contributed by atoms with Crippen molar-refractivity contribution in [1.29, 1.82) is 0 Å². The summed E-state index contributed by atoms with van der Waals surface area (Å²) in [7, 11) is -3.17. The molecule has 0 fully saturated rings. The highest BCUT2D eigenvalue weighted by atomic mass is 32.2. The lowest BCUT2D eigenvalue weighted by molar-refractivity contribution is -0.384. The van der Waals surface area contributed by atoms with Gasteiger partial charge in [0.2, 0.25) is 0 Å². The van der Waals surface area contributed by atoms with Gasteiger partial charge in [-0.3, -0.25) is 14.9 Å². The predicted octanol–water partition coefficient (Wildman–Crippen LogP) is 3.18. The molecule has 0 aromatic heterocycles. The molecule has 144 valence electrons. The number of nitrogens with zero attached hydrogens (tertiary/aromatic N) is 1. The van der Waals surface area contributed by atoms with E-state index in [0.717, 1.165) is 12.7 Å². The van der Waals surface area contributed by atoms with Gasteiger partial charge in [0.15, 0.2) is 9.84 Å². The first kappa shape index (κ1) is 20.4. The van der Waals surface area contributed by atoms with E-state index in [0.29, 0.717) is 17.9 Å². The van der Waals surface area contributed by atoms with Gasteiger partial charge in [-0.25, -0.2) is 8.42 Å². The number of nitro groups is 1. The van der Waals surface area contributed by atoms with Crippen molar-refractivity contribution in [2.45, 2.75) is 19.1 Å². The van der Waals surface area contributed by atoms with Crippen LogP contribution in [0.25, 0.3) is 0 Å². The van der Waals surface area contributed by atoms with E-state index in [9.17, 15) is 23.3 Å². The number of carbonyl (C=O) groups excluding carboxylic acids is 1. The maximum absolute atomic E-state index is 12.4. The molecule has 0 saturated carbocycles. The Morgan fingerprint density at radius 2 is 1.85 bits per heavy atom. The van der Waals surface area contributed by atoms with Crippen LogP contribution in [0.3, 0.4) is 0 Å². The number of hydrogen-bond acceptors (Lipinski definition) is 6. The molecule has 0 aliphatic heterocycles. The number of sulfone groups is 1. The van der Waals surface area contributed by atoms with Gasteiger partial charge in [-0.05, 0) is 36.2 Å². The molecule has 0 spiro atoms. The van der Waals surface area contributed by atoms with Crippen molar-refractivity contribution in [1.82, 2.24) is 0 Å². The number of anilines is 1. The topological polar surface area (TPSA) is 116 Å². The second-order valence-corrected chi connectivity index (χ2v) is 8.15. The van der Waals surface area contributed by atoms with Gasteiger partial charge in [-0.15, -0.1) is 0 Å². The number of amides is 1. The molecule has 1 amide bonds. The highest BCUT2D eigenvalue weighted by Crippen LogP contribution is 2.29. The van der Waals surface area contributed by atoms with E-state index < -0.39 is 20.7 Å². The van der Waals surface area contributed by atoms with Gasteiger partial charge in [0.05, 0.1) is 23.3 Å². The van der Waals surface area contributed by atoms with Crippen molar-refractivity contribution >= 4 is 27.1 Å². The zero-order valence-corrected chi connectivity index (χ0v) is 15.8. The van der Waals surface area contributed by atoms with E-state index in [4.69, 9.17) is 4.74 Å². The first-order chi connectivity index (χ1) is 12.7. The molecule has 8 nitrogen and oxygen atoms in total. The Kier molecular flexibility index (Phi) is 6.51. The molecule has 0 atom stereocenters. The molecule has 0 radical (unpaired) electrons. The second-order valence-electron chi connectivity index (χ2n) is 6.01. The molecule has 0 unspecified atom stereocenters. The molecule has 2 rings (SSSR count). The Morgan fingerprint density at radius 3 is 2.41 bits per heavy atom. The van der Waals surface area contributed by atoms with E-state index in [1.54, 1.807) is 6.07 Å². The van der Waals surface area contributed by atoms with E-state index in [1.807, 2.05) is 6.92 Å². The molecule has 0 saturated heterocycles. The van der Waals surface area contributed by atoms with Crippen LogP contribution in [0.15, 0.2) is 42.5 Å². The maximum Gasteiger partial charge on any atom is 0.296 e. The SMILES string of the molecule is CCCOc1ccc(NC(=O)c2ccc(CS(C)(=O)=O)cc2)c([N+](=O)[O-])c1. The molecule has 0 aliphatic rings. The van der Waals surface area contributed by atoms with E-state index >= 15 is 0 Å². The number of hydrogen-bond donors (Lipinski definition) is 1. The summed E-state index contributed by atoms with van der Waals surface area (Å²) in [6.07, 6.45) is 1.89. The zero-order chi connectivity index (χ0) is 20.0. The largest absolute Gasteiger partial charge is 0.493 e. The summed E-state index contributed by atoms with van der Waals surface area (Å²) >= 11 is 0. The minimum atomic E-state index is -3.17. The van der Waals surface area contributed by atoms with E-state index in [-0.39, 0.29) is 22.7 Å². The number of carbonyl (C=O) groups is 1. The molecule has 0 aliphatic carbocycles. The second kappa shape index (κ2) is 8.63. The number of nitro benzene ring substituents is 1. The van der Waals surface area contributed by atoms with Crippen LogP contribution >= 0.6 is 0 Å². The Hall–Kier alpha value is -2.94. The van der Waals surface area contributed by atoms with Crippen LogP contribution in [-0.4, -0.2) is 32.1 Å². The fraction of sp³-hybridized carbons (Fsp3) is 0.278. The fourth-order valence-electron chi connectivity index (χ4n) is 2.33. The van der Waals surface area contributed by atoms with Crippen LogP contribution in [0.2, 0.25) is 0 Å². The first-order valence-corrected chi connectivity index (χ1v) is 10.2. The lowest BCUT2D eigenvalue weighted by atomic mass is 10.1. The number of rotatable bonds is 8. The van der Waals surface area contributed by atoms with E-state index in [2.05, 4.69) is 5.32 Å². The summed E-state index contributed by atoms with van der Waals surface area (Å²) in [5, 5.41) is 13.8. The Balaban J connectivity index is 2.18. The normalized spacial score (nSPS) is 11.0. The van der Waals surface area contributed by atoms with Gasteiger partial charge in [0, 0.05) is 11.8 Å². The number of benzene rings is 2. The standard InChI is InChI=1S/C18H20N2O6S/c1-3-10-26-15-8-9-16(17(11-15)20(22)23)19-18(21)14-6-4-13(5-7-14)12-27(2,24)25/h4-9,11H,3,10,12H2,1-2H3,(H,19,21). The van der Waals surface area contributed by atoms with Crippen LogP contribution in [0.4, 0.5) is 11.4 Å². The lowest BCUT2D eigenvalue weighted by Gasteiger charge is -2.09. The third kappa shape index (κ3) is 6.07. The smallest absolute Gasteiger partial charge is 0.296 e. The Bertz CT molecular complexity index is 939. The summed E-state index contributed by atoms with van der Waals surface area (Å²) in [6, 6.07) is 10.2. The summed E-state index contributed by atoms with van der Waals surface area (Å²) < 4.78 is 28.0. The number of ether oxygens (including phenoxy) is 1. The monoisotopic (exact) mass is 392 g/mol. The molecular weight excluding hydrogens is 372 g/mol. The van der Waals surface area contributed by atoms with Gasteiger partial charge in [-0.2, -0.15) is 0 Å². The van der Waals surface area contributed by atoms with Crippen LogP contribution in [0.1, 0.15) is 29.3 Å². The quantitative estimate of drug-likeness (QED) is 0.545. The third-order valence-corrected chi connectivity index (χ3v) is 4.39. The summed E-state index contributed by atoms with van der Waals surface area (Å²) in [5.74, 6) is -0.308. The fourth-order valence-corrected chi connectivity index (χ4v) is 3.13. The highest BCUT2D eigenvalue weighted by molar-refractivity contribution is 7.89. The molecule has 2 aromatic rings. The number of nitrogens with one attached hydrogen (secondary N) is 1. The molecule has 1 N–H and O–H groups in total. The summed E-state index contributed by atoms with van der Waals surface area (Å²) in [6.45, 7) is 2.35. The predicted molar refractivity (Wildman–Crippen MR) is 102 cm³/mol. The molecule has 0 heterocycles. The van der Waals surface area contributed by atoms with Gasteiger partial charge in [-0.1, -0.05) is 19.1 Å². The highest BCUT2D eigenvalue weighted by Gasteiger charge is 2.18. The lowest BCUT2D eigenvalue weighted by Crippen LogP contribution is -2.13. The maximum atomic E-state index is 12.4. The minimum absolute atomic E-state index is 0.0501. The molecule has 9 heteroatoms. The van der Waals surface area contributed by atoms with Crippen LogP contribution < -0.4 is 10.1 Å².